The number of rotatable bonds is 5. The molecule has 178 valence electrons. The highest BCUT2D eigenvalue weighted by atomic mass is 16.5. The second kappa shape index (κ2) is 15.7. The van der Waals surface area contributed by atoms with Crippen LogP contribution in [0, 0.1) is 11.8 Å². The van der Waals surface area contributed by atoms with E-state index in [2.05, 4.69) is 61.3 Å². The molecule has 0 fully saturated rings. The Bertz CT molecular complexity index is 952. The molecule has 2 atom stereocenters. The number of ether oxygens (including phenoxy) is 1. The average Bonchev–Trinajstić information content (AvgIpc) is 3.32. The molecule has 0 bridgehead atoms. The van der Waals surface area contributed by atoms with Crippen molar-refractivity contribution in [3.63, 3.8) is 0 Å². The molecule has 1 heterocycles. The van der Waals surface area contributed by atoms with Gasteiger partial charge in [-0.25, -0.2) is 4.98 Å². The molecule has 0 spiro atoms. The van der Waals surface area contributed by atoms with Gasteiger partial charge in [-0.1, -0.05) is 116 Å². The molecule has 2 unspecified atom stereocenters. The van der Waals surface area contributed by atoms with Crippen LogP contribution in [0.15, 0.2) is 90.9 Å². The summed E-state index contributed by atoms with van der Waals surface area (Å²) < 4.78 is 8.12. The third-order valence-electron chi connectivity index (χ3n) is 5.13. The van der Waals surface area contributed by atoms with Crippen LogP contribution in [0.5, 0.6) is 11.6 Å². The van der Waals surface area contributed by atoms with Crippen molar-refractivity contribution in [2.24, 2.45) is 11.8 Å². The van der Waals surface area contributed by atoms with Gasteiger partial charge in [0.15, 0.2) is 0 Å². The van der Waals surface area contributed by atoms with Crippen molar-refractivity contribution in [2.75, 3.05) is 0 Å². The Hall–Kier alpha value is -3.07. The van der Waals surface area contributed by atoms with Gasteiger partial charge in [-0.15, -0.1) is 0 Å². The van der Waals surface area contributed by atoms with E-state index in [1.165, 1.54) is 16.7 Å². The van der Waals surface area contributed by atoms with Crippen LogP contribution in [-0.2, 0) is 6.54 Å². The summed E-state index contributed by atoms with van der Waals surface area (Å²) in [5, 5.41) is 0. The lowest BCUT2D eigenvalue weighted by Gasteiger charge is -2.19. The molecule has 4 rings (SSSR count). The number of hydrogen-bond acceptors (Lipinski definition) is 2. The molecule has 1 aromatic heterocycles. The standard InChI is InChI=1S/C24H24N2O.3C2H6/c1-18-8-9-20(14-19(18)2)16-26-17-25-15-24(26)27-23-12-10-22(11-13-23)21-6-4-3-5-7-21;3*1-2/h3-15,17-19H,16H2,1-2H3;3*1-2H3. The fourth-order valence-electron chi connectivity index (χ4n) is 3.28. The van der Waals surface area contributed by atoms with Crippen LogP contribution >= 0.6 is 0 Å². The maximum Gasteiger partial charge on any atom is 0.219 e. The van der Waals surface area contributed by atoms with Gasteiger partial charge in [0, 0.05) is 0 Å². The lowest BCUT2D eigenvalue weighted by atomic mass is 9.88. The molecule has 0 radical (unpaired) electrons. The third-order valence-corrected chi connectivity index (χ3v) is 5.13. The summed E-state index contributed by atoms with van der Waals surface area (Å²) in [6, 6.07) is 18.5. The molecule has 0 saturated heterocycles. The molecule has 0 saturated carbocycles. The van der Waals surface area contributed by atoms with Gasteiger partial charge in [0.1, 0.15) is 5.75 Å². The molecular weight excluding hydrogens is 404 g/mol. The summed E-state index contributed by atoms with van der Waals surface area (Å²) >= 11 is 0. The fraction of sp³-hybridized carbons (Fsp3) is 0.367. The quantitative estimate of drug-likeness (QED) is 0.390. The molecule has 0 amide bonds. The fourth-order valence-corrected chi connectivity index (χ4v) is 3.28. The van der Waals surface area contributed by atoms with Gasteiger partial charge in [0.25, 0.3) is 0 Å². The van der Waals surface area contributed by atoms with E-state index in [1.54, 1.807) is 6.20 Å². The zero-order valence-electron chi connectivity index (χ0n) is 21.7. The lowest BCUT2D eigenvalue weighted by molar-refractivity contribution is 0.435. The molecule has 3 nitrogen and oxygen atoms in total. The summed E-state index contributed by atoms with van der Waals surface area (Å²) in [6.07, 6.45) is 10.4. The van der Waals surface area contributed by atoms with E-state index in [0.29, 0.717) is 11.8 Å². The Morgan fingerprint density at radius 1 is 0.788 bits per heavy atom. The number of aromatic nitrogens is 2. The summed E-state index contributed by atoms with van der Waals surface area (Å²) in [7, 11) is 0. The van der Waals surface area contributed by atoms with Crippen LogP contribution in [-0.4, -0.2) is 9.55 Å². The van der Waals surface area contributed by atoms with Gasteiger partial charge < -0.3 is 4.74 Å². The Morgan fingerprint density at radius 3 is 2.00 bits per heavy atom. The predicted octanol–water partition coefficient (Wildman–Crippen LogP) is 9.19. The highest BCUT2D eigenvalue weighted by molar-refractivity contribution is 5.64. The molecule has 0 aliphatic heterocycles. The number of allylic oxidation sites excluding steroid dienone is 4. The van der Waals surface area contributed by atoms with E-state index in [-0.39, 0.29) is 0 Å². The monoisotopic (exact) mass is 446 g/mol. The van der Waals surface area contributed by atoms with Crippen molar-refractivity contribution in [2.45, 2.75) is 61.9 Å². The van der Waals surface area contributed by atoms with E-state index < -0.39 is 0 Å². The second-order valence-corrected chi connectivity index (χ2v) is 7.17. The van der Waals surface area contributed by atoms with Crippen LogP contribution in [0.3, 0.4) is 0 Å². The third kappa shape index (κ3) is 8.42. The number of hydrogen-bond donors (Lipinski definition) is 0. The van der Waals surface area contributed by atoms with Crippen LogP contribution in [0.2, 0.25) is 0 Å². The maximum absolute atomic E-state index is 6.08. The lowest BCUT2D eigenvalue weighted by Crippen LogP contribution is -2.10. The topological polar surface area (TPSA) is 27.1 Å². The van der Waals surface area contributed by atoms with Crippen LogP contribution < -0.4 is 4.74 Å². The number of nitrogens with zero attached hydrogens (tertiary/aromatic N) is 2. The first-order valence-electron chi connectivity index (χ1n) is 12.4. The molecule has 3 heteroatoms. The first kappa shape index (κ1) is 28.0. The van der Waals surface area contributed by atoms with Gasteiger partial charge in [-0.3, -0.25) is 4.57 Å². The Morgan fingerprint density at radius 2 is 1.39 bits per heavy atom. The highest BCUT2D eigenvalue weighted by Crippen LogP contribution is 2.27. The molecular formula is C30H42N2O. The number of benzene rings is 2. The normalized spacial score (nSPS) is 16.1. The smallest absolute Gasteiger partial charge is 0.219 e. The minimum Gasteiger partial charge on any atom is -0.439 e. The largest absolute Gasteiger partial charge is 0.439 e. The Kier molecular flexibility index (Phi) is 13.3. The molecule has 1 aliphatic rings. The molecule has 2 aromatic carbocycles. The van der Waals surface area contributed by atoms with Gasteiger partial charge in [-0.05, 0) is 40.7 Å². The average molecular weight is 447 g/mol. The van der Waals surface area contributed by atoms with E-state index in [1.807, 2.05) is 82.8 Å². The van der Waals surface area contributed by atoms with Crippen molar-refractivity contribution in [3.05, 3.63) is 90.9 Å². The van der Waals surface area contributed by atoms with Crippen molar-refractivity contribution in [1.29, 1.82) is 0 Å². The van der Waals surface area contributed by atoms with Crippen LogP contribution in [0.1, 0.15) is 55.4 Å². The minimum atomic E-state index is 0.559. The van der Waals surface area contributed by atoms with Crippen molar-refractivity contribution < 1.29 is 4.74 Å². The second-order valence-electron chi connectivity index (χ2n) is 7.17. The van der Waals surface area contributed by atoms with Gasteiger partial charge in [-0.2, -0.15) is 0 Å². The van der Waals surface area contributed by atoms with Crippen molar-refractivity contribution in [3.8, 4) is 22.8 Å². The molecule has 1 aliphatic carbocycles. The summed E-state index contributed by atoms with van der Waals surface area (Å²) in [6.45, 7) is 17.3. The van der Waals surface area contributed by atoms with Crippen molar-refractivity contribution >= 4 is 0 Å². The Labute approximate surface area is 201 Å². The summed E-state index contributed by atoms with van der Waals surface area (Å²) in [4.78, 5) is 4.27. The van der Waals surface area contributed by atoms with Crippen LogP contribution in [0.25, 0.3) is 11.1 Å². The number of imidazole rings is 1. The van der Waals surface area contributed by atoms with Gasteiger partial charge in [0.2, 0.25) is 5.88 Å². The SMILES string of the molecule is CC.CC.CC.CC1C=CC(Cn2cncc2Oc2ccc(-c3ccccc3)cc2)=CC1C. The Balaban J connectivity index is 0.000000841. The predicted molar refractivity (Wildman–Crippen MR) is 144 cm³/mol. The summed E-state index contributed by atoms with van der Waals surface area (Å²) in [5.41, 5.74) is 3.67. The van der Waals surface area contributed by atoms with E-state index in [9.17, 15) is 0 Å². The zero-order valence-corrected chi connectivity index (χ0v) is 21.7. The molecule has 0 N–H and O–H groups in total. The van der Waals surface area contributed by atoms with Crippen molar-refractivity contribution in [1.82, 2.24) is 9.55 Å². The molecule has 3 aromatic rings. The van der Waals surface area contributed by atoms with Gasteiger partial charge in [0.05, 0.1) is 19.1 Å². The zero-order chi connectivity index (χ0) is 24.6. The van der Waals surface area contributed by atoms with E-state index in [4.69, 9.17) is 4.74 Å². The first-order chi connectivity index (χ1) is 16.2. The molecule has 33 heavy (non-hydrogen) atoms. The maximum atomic E-state index is 6.08. The van der Waals surface area contributed by atoms with Crippen LogP contribution in [0.4, 0.5) is 0 Å². The highest BCUT2D eigenvalue weighted by Gasteiger charge is 2.13. The van der Waals surface area contributed by atoms with E-state index in [0.717, 1.165) is 18.2 Å². The van der Waals surface area contributed by atoms with Gasteiger partial charge >= 0.3 is 0 Å². The first-order valence-corrected chi connectivity index (χ1v) is 12.4. The summed E-state index contributed by atoms with van der Waals surface area (Å²) in [5.74, 6) is 2.72. The minimum absolute atomic E-state index is 0.559. The van der Waals surface area contributed by atoms with E-state index >= 15 is 0 Å².